The van der Waals surface area contributed by atoms with E-state index in [1.54, 1.807) is 0 Å². The highest BCUT2D eigenvalue weighted by atomic mass is 32.1. The molecule has 1 N–H and O–H groups in total. The lowest BCUT2D eigenvalue weighted by atomic mass is 10.2. The second kappa shape index (κ2) is 9.06. The van der Waals surface area contributed by atoms with Gasteiger partial charge in [-0.25, -0.2) is 0 Å². The molecule has 1 aromatic heterocycles. The molecule has 23 heavy (non-hydrogen) atoms. The number of nitrogens with zero attached hydrogens (tertiary/aromatic N) is 1. The monoisotopic (exact) mass is 333 g/mol. The van der Waals surface area contributed by atoms with Crippen LogP contribution in [0.4, 0.5) is 0 Å². The van der Waals surface area contributed by atoms with E-state index in [1.165, 1.54) is 9.75 Å². The van der Waals surface area contributed by atoms with Crippen LogP contribution in [0.15, 0.2) is 42.5 Å². The quantitative estimate of drug-likeness (QED) is 0.754. The summed E-state index contributed by atoms with van der Waals surface area (Å²) >= 11 is 1.83. The molecule has 0 amide bonds. The third-order valence-electron chi connectivity index (χ3n) is 3.45. The predicted molar refractivity (Wildman–Crippen MR) is 97.1 cm³/mol. The Hall–Kier alpha value is -1.36. The Kier molecular flexibility index (Phi) is 7.09. The van der Waals surface area contributed by atoms with E-state index in [-0.39, 0.29) is 0 Å². The van der Waals surface area contributed by atoms with E-state index in [2.05, 4.69) is 37.8 Å². The fourth-order valence-electron chi connectivity index (χ4n) is 2.57. The molecule has 0 spiro atoms. The van der Waals surface area contributed by atoms with Crippen LogP contribution in [0.2, 0.25) is 0 Å². The Balaban J connectivity index is 1.85. The van der Waals surface area contributed by atoms with Gasteiger partial charge in [0.05, 0.1) is 0 Å². The van der Waals surface area contributed by atoms with Gasteiger partial charge in [0.15, 0.2) is 0 Å². The third-order valence-corrected chi connectivity index (χ3v) is 4.44. The highest BCUT2D eigenvalue weighted by Gasteiger charge is 2.15. The number of para-hydroxylation sites is 1. The van der Waals surface area contributed by atoms with Crippen LogP contribution in [-0.4, -0.2) is 35.8 Å². The molecule has 2 rings (SSSR count). The molecule has 1 atom stereocenters. The highest BCUT2D eigenvalue weighted by Crippen LogP contribution is 2.18. The molecule has 0 saturated carbocycles. The molecule has 0 bridgehead atoms. The zero-order valence-corrected chi connectivity index (χ0v) is 15.1. The van der Waals surface area contributed by atoms with Crippen molar-refractivity contribution < 1.29 is 9.84 Å². The fraction of sp³-hybridized carbons (Fsp3) is 0.474. The average Bonchev–Trinajstić information content (AvgIpc) is 2.90. The Morgan fingerprint density at radius 2 is 1.83 bits per heavy atom. The van der Waals surface area contributed by atoms with Crippen LogP contribution in [0.25, 0.3) is 0 Å². The van der Waals surface area contributed by atoms with Crippen LogP contribution in [0, 0.1) is 12.8 Å². The molecule has 0 aliphatic heterocycles. The van der Waals surface area contributed by atoms with Gasteiger partial charge in [-0.05, 0) is 37.1 Å². The van der Waals surface area contributed by atoms with Gasteiger partial charge in [-0.3, -0.25) is 4.90 Å². The maximum Gasteiger partial charge on any atom is 0.119 e. The summed E-state index contributed by atoms with van der Waals surface area (Å²) in [5.74, 6) is 1.37. The van der Waals surface area contributed by atoms with Crippen molar-refractivity contribution in [1.82, 2.24) is 4.90 Å². The fourth-order valence-corrected chi connectivity index (χ4v) is 3.50. The normalized spacial score (nSPS) is 12.8. The molecule has 0 radical (unpaired) electrons. The third kappa shape index (κ3) is 6.73. The number of hydrogen-bond acceptors (Lipinski definition) is 4. The summed E-state index contributed by atoms with van der Waals surface area (Å²) in [6.45, 7) is 9.35. The summed E-state index contributed by atoms with van der Waals surface area (Å²) in [6, 6.07) is 14.0. The van der Waals surface area contributed by atoms with Gasteiger partial charge in [0.25, 0.3) is 0 Å². The standard InChI is InChI=1S/C19H27NO2S/c1-15(2)11-20(13-19-10-9-16(3)23-19)12-17(21)14-22-18-7-5-4-6-8-18/h4-10,15,17,21H,11-14H2,1-3H3/t17-/m0/s1. The molecule has 4 heteroatoms. The first-order valence-corrected chi connectivity index (χ1v) is 8.98. The van der Waals surface area contributed by atoms with Crippen LogP contribution in [0.1, 0.15) is 23.6 Å². The average molecular weight is 333 g/mol. The summed E-state index contributed by atoms with van der Waals surface area (Å²) in [5, 5.41) is 10.3. The van der Waals surface area contributed by atoms with Gasteiger partial charge in [-0.1, -0.05) is 32.0 Å². The second-order valence-electron chi connectivity index (χ2n) is 6.38. The number of thiophene rings is 1. The van der Waals surface area contributed by atoms with Crippen molar-refractivity contribution in [2.24, 2.45) is 5.92 Å². The SMILES string of the molecule is Cc1ccc(CN(CC(C)C)C[C@H](O)COc2ccccc2)s1. The summed E-state index contributed by atoms with van der Waals surface area (Å²) in [6.07, 6.45) is -0.491. The molecule has 1 aromatic carbocycles. The molecule has 1 heterocycles. The molecule has 0 aliphatic carbocycles. The van der Waals surface area contributed by atoms with E-state index >= 15 is 0 Å². The summed E-state index contributed by atoms with van der Waals surface area (Å²) in [7, 11) is 0. The summed E-state index contributed by atoms with van der Waals surface area (Å²) in [5.41, 5.74) is 0. The van der Waals surface area contributed by atoms with Crippen molar-refractivity contribution >= 4 is 11.3 Å². The van der Waals surface area contributed by atoms with E-state index in [0.717, 1.165) is 18.8 Å². The predicted octanol–water partition coefficient (Wildman–Crippen LogP) is 3.95. The zero-order chi connectivity index (χ0) is 16.7. The number of benzene rings is 1. The van der Waals surface area contributed by atoms with Gasteiger partial charge < -0.3 is 9.84 Å². The molecule has 126 valence electrons. The zero-order valence-electron chi connectivity index (χ0n) is 14.2. The van der Waals surface area contributed by atoms with E-state index in [4.69, 9.17) is 4.74 Å². The molecule has 2 aromatic rings. The van der Waals surface area contributed by atoms with Gasteiger partial charge in [0.2, 0.25) is 0 Å². The minimum absolute atomic E-state index is 0.322. The first kappa shape index (κ1) is 18.0. The number of aliphatic hydroxyl groups is 1. The van der Waals surface area contributed by atoms with E-state index < -0.39 is 6.10 Å². The van der Waals surface area contributed by atoms with Gasteiger partial charge in [0.1, 0.15) is 18.5 Å². The maximum absolute atomic E-state index is 10.3. The molecule has 3 nitrogen and oxygen atoms in total. The van der Waals surface area contributed by atoms with Gasteiger partial charge >= 0.3 is 0 Å². The van der Waals surface area contributed by atoms with Crippen molar-refractivity contribution in [3.05, 3.63) is 52.2 Å². The Bertz CT molecular complexity index is 568. The van der Waals surface area contributed by atoms with Crippen molar-refractivity contribution in [3.8, 4) is 5.75 Å². The molecular weight excluding hydrogens is 306 g/mol. The lowest BCUT2D eigenvalue weighted by molar-refractivity contribution is 0.0618. The number of aliphatic hydroxyl groups excluding tert-OH is 1. The maximum atomic E-state index is 10.3. The first-order chi connectivity index (χ1) is 11.0. The minimum atomic E-state index is -0.491. The van der Waals surface area contributed by atoms with Gasteiger partial charge in [-0.15, -0.1) is 11.3 Å². The Morgan fingerprint density at radius 3 is 2.43 bits per heavy atom. The van der Waals surface area contributed by atoms with E-state index in [0.29, 0.717) is 19.1 Å². The Morgan fingerprint density at radius 1 is 1.09 bits per heavy atom. The summed E-state index contributed by atoms with van der Waals surface area (Å²) < 4.78 is 5.65. The highest BCUT2D eigenvalue weighted by molar-refractivity contribution is 7.11. The molecule has 0 fully saturated rings. The van der Waals surface area contributed by atoms with Crippen LogP contribution in [0.3, 0.4) is 0 Å². The second-order valence-corrected chi connectivity index (χ2v) is 7.75. The molecule has 0 saturated heterocycles. The molecule has 0 aliphatic rings. The van der Waals surface area contributed by atoms with Crippen molar-refractivity contribution in [2.45, 2.75) is 33.4 Å². The van der Waals surface area contributed by atoms with Gasteiger partial charge in [-0.2, -0.15) is 0 Å². The van der Waals surface area contributed by atoms with E-state index in [1.807, 2.05) is 41.7 Å². The van der Waals surface area contributed by atoms with Crippen molar-refractivity contribution in [2.75, 3.05) is 19.7 Å². The smallest absolute Gasteiger partial charge is 0.119 e. The number of rotatable bonds is 9. The molecule has 0 unspecified atom stereocenters. The van der Waals surface area contributed by atoms with Crippen molar-refractivity contribution in [3.63, 3.8) is 0 Å². The number of ether oxygens (including phenoxy) is 1. The van der Waals surface area contributed by atoms with E-state index in [9.17, 15) is 5.11 Å². The lowest BCUT2D eigenvalue weighted by Crippen LogP contribution is -2.37. The van der Waals surface area contributed by atoms with Crippen LogP contribution in [0.5, 0.6) is 5.75 Å². The van der Waals surface area contributed by atoms with Crippen LogP contribution >= 0.6 is 11.3 Å². The number of aryl methyl sites for hydroxylation is 1. The van der Waals surface area contributed by atoms with Crippen molar-refractivity contribution in [1.29, 1.82) is 0 Å². The van der Waals surface area contributed by atoms with Crippen LogP contribution in [-0.2, 0) is 6.54 Å². The number of hydrogen-bond donors (Lipinski definition) is 1. The molecular formula is C19H27NO2S. The Labute approximate surface area is 143 Å². The van der Waals surface area contributed by atoms with Crippen LogP contribution < -0.4 is 4.74 Å². The lowest BCUT2D eigenvalue weighted by Gasteiger charge is -2.26. The largest absolute Gasteiger partial charge is 0.491 e. The first-order valence-electron chi connectivity index (χ1n) is 8.16. The minimum Gasteiger partial charge on any atom is -0.491 e. The topological polar surface area (TPSA) is 32.7 Å². The summed E-state index contributed by atoms with van der Waals surface area (Å²) in [4.78, 5) is 4.99. The van der Waals surface area contributed by atoms with Gasteiger partial charge in [0, 0.05) is 29.4 Å².